The van der Waals surface area contributed by atoms with E-state index in [1.807, 2.05) is 30.3 Å². The highest BCUT2D eigenvalue weighted by atomic mass is 16.5. The number of nitrogens with zero attached hydrogens (tertiary/aromatic N) is 2. The van der Waals surface area contributed by atoms with Gasteiger partial charge in [0.1, 0.15) is 0 Å². The summed E-state index contributed by atoms with van der Waals surface area (Å²) in [5.74, 6) is 6.85. The highest BCUT2D eigenvalue weighted by molar-refractivity contribution is 5.42. The second-order valence-corrected chi connectivity index (χ2v) is 5.77. The first-order valence-corrected chi connectivity index (χ1v) is 7.68. The quantitative estimate of drug-likeness (QED) is 0.864. The molecular formula is C18H17N3O. The first kappa shape index (κ1) is 13.3. The van der Waals surface area contributed by atoms with E-state index >= 15 is 0 Å². The molecule has 2 fully saturated rings. The fourth-order valence-corrected chi connectivity index (χ4v) is 3.09. The van der Waals surface area contributed by atoms with Crippen molar-refractivity contribution in [3.05, 3.63) is 53.9 Å². The van der Waals surface area contributed by atoms with Gasteiger partial charge in [-0.1, -0.05) is 30.0 Å². The van der Waals surface area contributed by atoms with Gasteiger partial charge in [0, 0.05) is 18.0 Å². The molecule has 0 amide bonds. The predicted molar refractivity (Wildman–Crippen MR) is 84.4 cm³/mol. The molecule has 2 aromatic rings. The molecule has 3 atom stereocenters. The molecule has 22 heavy (non-hydrogen) atoms. The van der Waals surface area contributed by atoms with Crippen LogP contribution in [0.4, 0.5) is 5.95 Å². The van der Waals surface area contributed by atoms with E-state index in [-0.39, 0.29) is 0 Å². The number of nitrogens with one attached hydrogen (secondary N) is 1. The molecule has 1 N–H and O–H groups in total. The zero-order valence-corrected chi connectivity index (χ0v) is 12.2. The Morgan fingerprint density at radius 2 is 1.77 bits per heavy atom. The summed E-state index contributed by atoms with van der Waals surface area (Å²) < 4.78 is 5.83. The average Bonchev–Trinajstić information content (AvgIpc) is 3.18. The van der Waals surface area contributed by atoms with Gasteiger partial charge in [-0.05, 0) is 31.4 Å². The van der Waals surface area contributed by atoms with Gasteiger partial charge < -0.3 is 10.1 Å². The minimum atomic E-state index is 0.325. The fraction of sp³-hybridized carbons (Fsp3) is 0.333. The molecule has 0 aliphatic carbocycles. The molecule has 0 saturated carbocycles. The van der Waals surface area contributed by atoms with Crippen molar-refractivity contribution in [1.82, 2.24) is 9.97 Å². The van der Waals surface area contributed by atoms with Crippen LogP contribution < -0.4 is 5.32 Å². The standard InChI is InChI=1S/C18H17N3O/c1-2-4-13(5-3-1)6-7-14-11-19-18(20-12-14)21-16-10-15-8-9-17(16)22-15/h1-5,11-12,15-17H,8-10H2,(H,19,20,21). The Morgan fingerprint density at radius 3 is 2.45 bits per heavy atom. The monoisotopic (exact) mass is 291 g/mol. The molecule has 110 valence electrons. The molecule has 0 spiro atoms. The van der Waals surface area contributed by atoms with E-state index in [4.69, 9.17) is 4.74 Å². The van der Waals surface area contributed by atoms with Crippen LogP contribution in [0.5, 0.6) is 0 Å². The van der Waals surface area contributed by atoms with Gasteiger partial charge >= 0.3 is 0 Å². The van der Waals surface area contributed by atoms with Crippen LogP contribution in [0.15, 0.2) is 42.7 Å². The van der Waals surface area contributed by atoms with Crippen LogP contribution in [0, 0.1) is 11.8 Å². The summed E-state index contributed by atoms with van der Waals surface area (Å²) in [6, 6.07) is 10.3. The Balaban J connectivity index is 1.42. The summed E-state index contributed by atoms with van der Waals surface area (Å²) in [6.07, 6.45) is 7.67. The third kappa shape index (κ3) is 2.81. The second kappa shape index (κ2) is 5.78. The summed E-state index contributed by atoms with van der Waals surface area (Å²) in [6.45, 7) is 0. The summed E-state index contributed by atoms with van der Waals surface area (Å²) in [5.41, 5.74) is 1.81. The SMILES string of the molecule is C(#Cc1cnc(NC2CC3CCC2O3)nc1)c1ccccc1. The number of ether oxygens (including phenoxy) is 1. The Kier molecular flexibility index (Phi) is 3.49. The lowest BCUT2D eigenvalue weighted by Gasteiger charge is -2.19. The zero-order valence-electron chi connectivity index (χ0n) is 12.2. The van der Waals surface area contributed by atoms with Gasteiger partial charge in [0.25, 0.3) is 0 Å². The summed E-state index contributed by atoms with van der Waals surface area (Å²) in [5, 5.41) is 3.38. The lowest BCUT2D eigenvalue weighted by molar-refractivity contribution is 0.102. The van der Waals surface area contributed by atoms with Crippen LogP contribution in [0.25, 0.3) is 0 Å². The van der Waals surface area contributed by atoms with Gasteiger partial charge in [0.05, 0.1) is 23.8 Å². The zero-order chi connectivity index (χ0) is 14.8. The van der Waals surface area contributed by atoms with Gasteiger partial charge in [0.15, 0.2) is 0 Å². The van der Waals surface area contributed by atoms with Crippen molar-refractivity contribution in [2.24, 2.45) is 0 Å². The first-order chi connectivity index (χ1) is 10.9. The van der Waals surface area contributed by atoms with Crippen LogP contribution in [-0.2, 0) is 4.74 Å². The third-order valence-electron chi connectivity index (χ3n) is 4.20. The molecule has 2 aliphatic heterocycles. The molecule has 0 radical (unpaired) electrons. The first-order valence-electron chi connectivity index (χ1n) is 7.68. The molecule has 2 aliphatic rings. The van der Waals surface area contributed by atoms with E-state index < -0.39 is 0 Å². The molecule has 4 nitrogen and oxygen atoms in total. The molecule has 1 aromatic heterocycles. The molecule has 4 rings (SSSR count). The van der Waals surface area contributed by atoms with E-state index in [1.165, 1.54) is 6.42 Å². The number of hydrogen-bond donors (Lipinski definition) is 1. The van der Waals surface area contributed by atoms with E-state index in [0.717, 1.165) is 24.0 Å². The smallest absolute Gasteiger partial charge is 0.222 e. The summed E-state index contributed by atoms with van der Waals surface area (Å²) in [4.78, 5) is 8.72. The van der Waals surface area contributed by atoms with Crippen LogP contribution in [0.2, 0.25) is 0 Å². The van der Waals surface area contributed by atoms with Gasteiger partial charge in [-0.3, -0.25) is 0 Å². The lowest BCUT2D eigenvalue weighted by Crippen LogP contribution is -2.31. The Morgan fingerprint density at radius 1 is 1.00 bits per heavy atom. The second-order valence-electron chi connectivity index (χ2n) is 5.77. The minimum absolute atomic E-state index is 0.325. The van der Waals surface area contributed by atoms with Crippen molar-refractivity contribution in [2.45, 2.75) is 37.5 Å². The highest BCUT2D eigenvalue weighted by Gasteiger charge is 2.40. The molecule has 2 bridgehead atoms. The van der Waals surface area contributed by atoms with Gasteiger partial charge in [-0.25, -0.2) is 9.97 Å². The Bertz CT molecular complexity index is 703. The van der Waals surface area contributed by atoms with Crippen LogP contribution >= 0.6 is 0 Å². The number of hydrogen-bond acceptors (Lipinski definition) is 4. The van der Waals surface area contributed by atoms with Gasteiger partial charge in [-0.15, -0.1) is 0 Å². The molecule has 3 heterocycles. The molecular weight excluding hydrogens is 274 g/mol. The van der Waals surface area contributed by atoms with Crippen molar-refractivity contribution in [3.8, 4) is 11.8 Å². The van der Waals surface area contributed by atoms with Crippen LogP contribution in [-0.4, -0.2) is 28.2 Å². The van der Waals surface area contributed by atoms with E-state index in [1.54, 1.807) is 12.4 Å². The van der Waals surface area contributed by atoms with Gasteiger partial charge in [0.2, 0.25) is 5.95 Å². The maximum atomic E-state index is 5.83. The maximum Gasteiger partial charge on any atom is 0.222 e. The number of anilines is 1. The lowest BCUT2D eigenvalue weighted by atomic mass is 9.96. The van der Waals surface area contributed by atoms with Crippen LogP contribution in [0.1, 0.15) is 30.4 Å². The van der Waals surface area contributed by atoms with Crippen molar-refractivity contribution >= 4 is 5.95 Å². The average molecular weight is 291 g/mol. The predicted octanol–water partition coefficient (Wildman–Crippen LogP) is 2.61. The van der Waals surface area contributed by atoms with Crippen molar-refractivity contribution < 1.29 is 4.74 Å². The third-order valence-corrected chi connectivity index (χ3v) is 4.20. The molecule has 4 heteroatoms. The minimum Gasteiger partial charge on any atom is -0.373 e. The largest absolute Gasteiger partial charge is 0.373 e. The van der Waals surface area contributed by atoms with Crippen molar-refractivity contribution in [1.29, 1.82) is 0 Å². The molecule has 2 saturated heterocycles. The molecule has 3 unspecified atom stereocenters. The Labute approximate surface area is 129 Å². The van der Waals surface area contributed by atoms with Crippen LogP contribution in [0.3, 0.4) is 0 Å². The van der Waals surface area contributed by atoms with Gasteiger partial charge in [-0.2, -0.15) is 0 Å². The highest BCUT2D eigenvalue weighted by Crippen LogP contribution is 2.35. The number of benzene rings is 1. The molecule has 1 aromatic carbocycles. The topological polar surface area (TPSA) is 47.0 Å². The number of rotatable bonds is 2. The van der Waals surface area contributed by atoms with E-state index in [2.05, 4.69) is 27.1 Å². The number of fused-ring (bicyclic) bond motifs is 2. The summed E-state index contributed by atoms with van der Waals surface area (Å²) in [7, 11) is 0. The number of aromatic nitrogens is 2. The fourth-order valence-electron chi connectivity index (χ4n) is 3.09. The normalized spacial score (nSPS) is 25.5. The van der Waals surface area contributed by atoms with E-state index in [9.17, 15) is 0 Å². The summed E-state index contributed by atoms with van der Waals surface area (Å²) >= 11 is 0. The van der Waals surface area contributed by atoms with Crippen molar-refractivity contribution in [2.75, 3.05) is 5.32 Å². The van der Waals surface area contributed by atoms with E-state index in [0.29, 0.717) is 24.2 Å². The Hall–Kier alpha value is -2.38. The van der Waals surface area contributed by atoms with Crippen molar-refractivity contribution in [3.63, 3.8) is 0 Å². The maximum absolute atomic E-state index is 5.83.